The summed E-state index contributed by atoms with van der Waals surface area (Å²) >= 11 is 3.38. The lowest BCUT2D eigenvalue weighted by Crippen LogP contribution is -2.23. The highest BCUT2D eigenvalue weighted by Crippen LogP contribution is 2.22. The average molecular weight is 269 g/mol. The molecule has 0 unspecified atom stereocenters. The number of aryl methyl sites for hydroxylation is 1. The van der Waals surface area contributed by atoms with E-state index in [-0.39, 0.29) is 5.78 Å². The SMILES string of the molecule is CCCc1ccc(C(=O)C(C)(C)Br)cc1. The molecule has 1 aromatic rings. The van der Waals surface area contributed by atoms with Gasteiger partial charge in [0.05, 0.1) is 4.32 Å². The predicted molar refractivity (Wildman–Crippen MR) is 67.8 cm³/mol. The molecule has 0 N–H and O–H groups in total. The van der Waals surface area contributed by atoms with Gasteiger partial charge in [-0.2, -0.15) is 0 Å². The van der Waals surface area contributed by atoms with Crippen LogP contribution in [0.15, 0.2) is 24.3 Å². The molecule has 0 spiro atoms. The fraction of sp³-hybridized carbons (Fsp3) is 0.462. The van der Waals surface area contributed by atoms with Crippen molar-refractivity contribution in [1.29, 1.82) is 0 Å². The first-order valence-electron chi connectivity index (χ1n) is 5.28. The van der Waals surface area contributed by atoms with Crippen LogP contribution in [0.2, 0.25) is 0 Å². The van der Waals surface area contributed by atoms with Crippen LogP contribution < -0.4 is 0 Å². The maximum atomic E-state index is 11.9. The number of hydrogen-bond acceptors (Lipinski definition) is 1. The molecule has 0 atom stereocenters. The van der Waals surface area contributed by atoms with E-state index < -0.39 is 4.32 Å². The molecule has 0 fully saturated rings. The van der Waals surface area contributed by atoms with Crippen molar-refractivity contribution in [3.8, 4) is 0 Å². The van der Waals surface area contributed by atoms with E-state index in [0.29, 0.717) is 0 Å². The van der Waals surface area contributed by atoms with Crippen molar-refractivity contribution in [2.45, 2.75) is 37.9 Å². The lowest BCUT2D eigenvalue weighted by Gasteiger charge is -2.14. The van der Waals surface area contributed by atoms with E-state index in [1.165, 1.54) is 5.56 Å². The minimum atomic E-state index is -0.473. The van der Waals surface area contributed by atoms with Gasteiger partial charge in [0.25, 0.3) is 0 Å². The highest BCUT2D eigenvalue weighted by atomic mass is 79.9. The second-order valence-electron chi connectivity index (χ2n) is 4.25. The summed E-state index contributed by atoms with van der Waals surface area (Å²) in [5.74, 6) is 0.130. The number of alkyl halides is 1. The topological polar surface area (TPSA) is 17.1 Å². The molecule has 0 aliphatic rings. The summed E-state index contributed by atoms with van der Waals surface area (Å²) in [6.45, 7) is 5.89. The van der Waals surface area contributed by atoms with Gasteiger partial charge in [-0.3, -0.25) is 4.79 Å². The van der Waals surface area contributed by atoms with Gasteiger partial charge in [-0.15, -0.1) is 0 Å². The number of carbonyl (C=O) groups is 1. The van der Waals surface area contributed by atoms with Crippen molar-refractivity contribution in [2.75, 3.05) is 0 Å². The Bertz CT molecular complexity index is 333. The van der Waals surface area contributed by atoms with E-state index in [2.05, 4.69) is 22.9 Å². The molecule has 0 saturated heterocycles. The molecule has 82 valence electrons. The zero-order valence-corrected chi connectivity index (χ0v) is 11.1. The van der Waals surface area contributed by atoms with Gasteiger partial charge < -0.3 is 0 Å². The van der Waals surface area contributed by atoms with Crippen molar-refractivity contribution in [3.05, 3.63) is 35.4 Å². The molecule has 2 heteroatoms. The summed E-state index contributed by atoms with van der Waals surface area (Å²) in [6.07, 6.45) is 2.21. The monoisotopic (exact) mass is 268 g/mol. The third kappa shape index (κ3) is 3.45. The molecule has 0 radical (unpaired) electrons. The Morgan fingerprint density at radius 1 is 1.27 bits per heavy atom. The number of halogens is 1. The number of ketones is 1. The molecular formula is C13H17BrO. The van der Waals surface area contributed by atoms with E-state index >= 15 is 0 Å². The van der Waals surface area contributed by atoms with E-state index in [9.17, 15) is 4.79 Å². The van der Waals surface area contributed by atoms with Crippen molar-refractivity contribution >= 4 is 21.7 Å². The standard InChI is InChI=1S/C13H17BrO/c1-4-5-10-6-8-11(9-7-10)12(15)13(2,3)14/h6-9H,4-5H2,1-3H3. The summed E-state index contributed by atoms with van der Waals surface area (Å²) in [4.78, 5) is 11.9. The first-order valence-corrected chi connectivity index (χ1v) is 6.07. The summed E-state index contributed by atoms with van der Waals surface area (Å²) in [6, 6.07) is 7.90. The van der Waals surface area contributed by atoms with Crippen LogP contribution in [0.1, 0.15) is 43.1 Å². The number of benzene rings is 1. The number of Topliss-reactive ketones (excluding diaryl/α,β-unsaturated/α-hetero) is 1. The average Bonchev–Trinajstić information content (AvgIpc) is 2.17. The van der Waals surface area contributed by atoms with Crippen LogP contribution in [0.4, 0.5) is 0 Å². The van der Waals surface area contributed by atoms with Crippen LogP contribution in [0.5, 0.6) is 0 Å². The lowest BCUT2D eigenvalue weighted by atomic mass is 9.99. The van der Waals surface area contributed by atoms with Gasteiger partial charge in [0.15, 0.2) is 5.78 Å². The normalized spacial score (nSPS) is 11.5. The quantitative estimate of drug-likeness (QED) is 0.596. The van der Waals surface area contributed by atoms with E-state index in [4.69, 9.17) is 0 Å². The molecule has 15 heavy (non-hydrogen) atoms. The number of rotatable bonds is 4. The van der Waals surface area contributed by atoms with Crippen LogP contribution in [-0.4, -0.2) is 10.1 Å². The molecule has 0 bridgehead atoms. The Hall–Kier alpha value is -0.630. The molecule has 0 aromatic heterocycles. The summed E-state index contributed by atoms with van der Waals surface area (Å²) in [7, 11) is 0. The van der Waals surface area contributed by atoms with E-state index in [1.807, 2.05) is 38.1 Å². The maximum Gasteiger partial charge on any atom is 0.178 e. The largest absolute Gasteiger partial charge is 0.293 e. The molecular weight excluding hydrogens is 252 g/mol. The fourth-order valence-corrected chi connectivity index (χ4v) is 1.68. The van der Waals surface area contributed by atoms with Gasteiger partial charge in [0.2, 0.25) is 0 Å². The molecule has 0 amide bonds. The number of carbonyl (C=O) groups excluding carboxylic acids is 1. The smallest absolute Gasteiger partial charge is 0.178 e. The third-order valence-electron chi connectivity index (χ3n) is 2.29. The first kappa shape index (κ1) is 12.4. The fourth-order valence-electron chi connectivity index (χ4n) is 1.45. The predicted octanol–water partition coefficient (Wildman–Crippen LogP) is 4.00. The second-order valence-corrected chi connectivity index (χ2v) is 6.23. The highest BCUT2D eigenvalue weighted by molar-refractivity contribution is 9.10. The van der Waals surface area contributed by atoms with Crippen LogP contribution >= 0.6 is 15.9 Å². The van der Waals surface area contributed by atoms with Crippen LogP contribution in [0.3, 0.4) is 0 Å². The van der Waals surface area contributed by atoms with Gasteiger partial charge in [-0.1, -0.05) is 53.5 Å². The van der Waals surface area contributed by atoms with Crippen LogP contribution in [-0.2, 0) is 6.42 Å². The zero-order valence-electron chi connectivity index (χ0n) is 9.51. The van der Waals surface area contributed by atoms with Gasteiger partial charge in [-0.25, -0.2) is 0 Å². The Kier molecular flexibility index (Phi) is 4.09. The van der Waals surface area contributed by atoms with Crippen LogP contribution in [0.25, 0.3) is 0 Å². The minimum absolute atomic E-state index is 0.130. The van der Waals surface area contributed by atoms with Crippen molar-refractivity contribution in [2.24, 2.45) is 0 Å². The highest BCUT2D eigenvalue weighted by Gasteiger charge is 2.24. The summed E-state index contributed by atoms with van der Waals surface area (Å²) < 4.78 is -0.473. The Balaban J connectivity index is 2.85. The minimum Gasteiger partial charge on any atom is -0.293 e. The van der Waals surface area contributed by atoms with E-state index in [0.717, 1.165) is 18.4 Å². The zero-order chi connectivity index (χ0) is 11.5. The van der Waals surface area contributed by atoms with Gasteiger partial charge in [-0.05, 0) is 25.8 Å². The van der Waals surface area contributed by atoms with Gasteiger partial charge >= 0.3 is 0 Å². The Labute approximate surface area is 100 Å². The summed E-state index contributed by atoms with van der Waals surface area (Å²) in [5.41, 5.74) is 2.07. The maximum absolute atomic E-state index is 11.9. The first-order chi connectivity index (χ1) is 6.95. The molecule has 1 rings (SSSR count). The van der Waals surface area contributed by atoms with Crippen molar-refractivity contribution < 1.29 is 4.79 Å². The van der Waals surface area contributed by atoms with Gasteiger partial charge in [0, 0.05) is 5.56 Å². The Morgan fingerprint density at radius 2 is 1.80 bits per heavy atom. The molecule has 0 aliphatic carbocycles. The molecule has 1 aromatic carbocycles. The summed E-state index contributed by atoms with van der Waals surface area (Å²) in [5, 5.41) is 0. The number of hydrogen-bond donors (Lipinski definition) is 0. The van der Waals surface area contributed by atoms with E-state index in [1.54, 1.807) is 0 Å². The Morgan fingerprint density at radius 3 is 2.20 bits per heavy atom. The lowest BCUT2D eigenvalue weighted by molar-refractivity contribution is 0.0961. The molecule has 0 aliphatic heterocycles. The van der Waals surface area contributed by atoms with Crippen molar-refractivity contribution in [1.82, 2.24) is 0 Å². The third-order valence-corrected chi connectivity index (χ3v) is 2.65. The van der Waals surface area contributed by atoms with Crippen LogP contribution in [0, 0.1) is 0 Å². The molecule has 0 saturated carbocycles. The van der Waals surface area contributed by atoms with Gasteiger partial charge in [0.1, 0.15) is 0 Å². The molecule has 0 heterocycles. The second kappa shape index (κ2) is 4.93. The molecule has 1 nitrogen and oxygen atoms in total. The van der Waals surface area contributed by atoms with Crippen molar-refractivity contribution in [3.63, 3.8) is 0 Å².